The second kappa shape index (κ2) is 4.58. The molecule has 0 unspecified atom stereocenters. The van der Waals surface area contributed by atoms with Crippen LogP contribution >= 0.6 is 0 Å². The Hall–Kier alpha value is -3.02. The second-order valence-electron chi connectivity index (χ2n) is 4.15. The Bertz CT molecular complexity index is 871. The van der Waals surface area contributed by atoms with E-state index in [9.17, 15) is 9.59 Å². The molecule has 1 aromatic heterocycles. The van der Waals surface area contributed by atoms with E-state index in [1.54, 1.807) is 36.4 Å². The molecule has 3 aromatic rings. The summed E-state index contributed by atoms with van der Waals surface area (Å²) in [6.07, 6.45) is 0. The van der Waals surface area contributed by atoms with Gasteiger partial charge in [0.15, 0.2) is 0 Å². The van der Waals surface area contributed by atoms with Gasteiger partial charge in [0.2, 0.25) is 0 Å². The number of carboxylic acids is 1. The van der Waals surface area contributed by atoms with Gasteiger partial charge in [0, 0.05) is 0 Å². The Morgan fingerprint density at radius 1 is 1.05 bits per heavy atom. The van der Waals surface area contributed by atoms with Crippen molar-refractivity contribution in [2.75, 3.05) is 0 Å². The van der Waals surface area contributed by atoms with Crippen LogP contribution in [-0.2, 0) is 0 Å². The van der Waals surface area contributed by atoms with Crippen LogP contribution in [-0.4, -0.2) is 26.1 Å². The van der Waals surface area contributed by atoms with Crippen molar-refractivity contribution in [1.82, 2.24) is 15.0 Å². The van der Waals surface area contributed by atoms with Crippen LogP contribution in [0.2, 0.25) is 0 Å². The van der Waals surface area contributed by atoms with E-state index in [1.807, 2.05) is 0 Å². The number of fused-ring (bicyclic) bond motifs is 1. The Morgan fingerprint density at radius 2 is 1.75 bits per heavy atom. The lowest BCUT2D eigenvalue weighted by molar-refractivity contribution is 0.0696. The van der Waals surface area contributed by atoms with Crippen molar-refractivity contribution in [1.29, 1.82) is 0 Å². The molecule has 2 aromatic carbocycles. The molecule has 1 heterocycles. The van der Waals surface area contributed by atoms with Crippen LogP contribution in [0.15, 0.2) is 53.3 Å². The lowest BCUT2D eigenvalue weighted by Crippen LogP contribution is -2.24. The first-order chi connectivity index (χ1) is 9.68. The van der Waals surface area contributed by atoms with E-state index in [0.717, 1.165) is 4.68 Å². The summed E-state index contributed by atoms with van der Waals surface area (Å²) in [6.45, 7) is 0. The Morgan fingerprint density at radius 3 is 2.55 bits per heavy atom. The molecule has 0 atom stereocenters. The van der Waals surface area contributed by atoms with Crippen molar-refractivity contribution < 1.29 is 9.90 Å². The lowest BCUT2D eigenvalue weighted by Gasteiger charge is -2.07. The molecule has 98 valence electrons. The average Bonchev–Trinajstić information content (AvgIpc) is 2.48. The van der Waals surface area contributed by atoms with Crippen LogP contribution in [0.3, 0.4) is 0 Å². The second-order valence-corrected chi connectivity index (χ2v) is 4.15. The van der Waals surface area contributed by atoms with Crippen molar-refractivity contribution in [2.45, 2.75) is 0 Å². The molecule has 0 spiro atoms. The maximum absolute atomic E-state index is 12.4. The summed E-state index contributed by atoms with van der Waals surface area (Å²) in [4.78, 5) is 23.6. The molecule has 6 nitrogen and oxygen atoms in total. The quantitative estimate of drug-likeness (QED) is 0.760. The monoisotopic (exact) mass is 267 g/mol. The molecule has 0 fully saturated rings. The normalized spacial score (nSPS) is 10.6. The largest absolute Gasteiger partial charge is 0.478 e. The first-order valence-corrected chi connectivity index (χ1v) is 5.86. The van der Waals surface area contributed by atoms with Crippen LogP contribution in [0.5, 0.6) is 0 Å². The highest BCUT2D eigenvalue weighted by molar-refractivity contribution is 5.92. The molecule has 6 heteroatoms. The number of para-hydroxylation sites is 1. The zero-order valence-electron chi connectivity index (χ0n) is 10.2. The van der Waals surface area contributed by atoms with Gasteiger partial charge in [0.1, 0.15) is 5.52 Å². The highest BCUT2D eigenvalue weighted by Gasteiger charge is 2.14. The number of carboxylic acid groups (broad SMARTS) is 1. The van der Waals surface area contributed by atoms with Gasteiger partial charge in [-0.1, -0.05) is 29.5 Å². The molecule has 0 saturated carbocycles. The fourth-order valence-corrected chi connectivity index (χ4v) is 1.99. The van der Waals surface area contributed by atoms with Gasteiger partial charge in [-0.05, 0) is 24.3 Å². The molecule has 0 radical (unpaired) electrons. The van der Waals surface area contributed by atoms with Crippen molar-refractivity contribution in [2.24, 2.45) is 0 Å². The Kier molecular flexibility index (Phi) is 2.76. The molecule has 0 aliphatic carbocycles. The van der Waals surface area contributed by atoms with Crippen molar-refractivity contribution >= 4 is 16.9 Å². The van der Waals surface area contributed by atoms with Gasteiger partial charge in [-0.3, -0.25) is 4.79 Å². The molecule has 3 rings (SSSR count). The molecule has 1 N–H and O–H groups in total. The summed E-state index contributed by atoms with van der Waals surface area (Å²) in [5.74, 6) is -1.12. The van der Waals surface area contributed by atoms with E-state index in [-0.39, 0.29) is 11.3 Å². The predicted octanol–water partition coefficient (Wildman–Crippen LogP) is 1.48. The molecular formula is C14H9N3O3. The van der Waals surface area contributed by atoms with Crippen LogP contribution < -0.4 is 5.56 Å². The topological polar surface area (TPSA) is 85.1 Å². The summed E-state index contributed by atoms with van der Waals surface area (Å²) < 4.78 is 1.01. The number of rotatable bonds is 2. The van der Waals surface area contributed by atoms with Crippen LogP contribution in [0.1, 0.15) is 10.4 Å². The third-order valence-electron chi connectivity index (χ3n) is 2.93. The van der Waals surface area contributed by atoms with Gasteiger partial charge in [0.05, 0.1) is 16.6 Å². The van der Waals surface area contributed by atoms with E-state index in [4.69, 9.17) is 5.11 Å². The van der Waals surface area contributed by atoms with E-state index in [0.29, 0.717) is 10.9 Å². The molecule has 0 aliphatic rings. The fourth-order valence-electron chi connectivity index (χ4n) is 1.99. The van der Waals surface area contributed by atoms with Crippen LogP contribution in [0.4, 0.5) is 0 Å². The maximum atomic E-state index is 12.4. The maximum Gasteiger partial charge on any atom is 0.337 e. The number of benzene rings is 2. The highest BCUT2D eigenvalue weighted by atomic mass is 16.4. The number of hydrogen-bond acceptors (Lipinski definition) is 4. The smallest absolute Gasteiger partial charge is 0.337 e. The molecule has 20 heavy (non-hydrogen) atoms. The summed E-state index contributed by atoms with van der Waals surface area (Å²) in [5, 5.41) is 17.3. The average molecular weight is 267 g/mol. The minimum Gasteiger partial charge on any atom is -0.478 e. The van der Waals surface area contributed by atoms with Crippen molar-refractivity contribution in [3.05, 3.63) is 64.4 Å². The molecule has 0 amide bonds. The number of aromatic carboxylic acids is 1. The minimum absolute atomic E-state index is 0.000758. The van der Waals surface area contributed by atoms with E-state index in [2.05, 4.69) is 10.3 Å². The van der Waals surface area contributed by atoms with Crippen LogP contribution in [0, 0.1) is 0 Å². The standard InChI is InChI=1S/C14H9N3O3/c18-13-9-5-1-3-7-11(9)15-16-17(13)12-8-4-2-6-10(12)14(19)20/h1-8H,(H,19,20). The first kappa shape index (κ1) is 12.0. The zero-order valence-corrected chi connectivity index (χ0v) is 10.2. The van der Waals surface area contributed by atoms with Crippen molar-refractivity contribution in [3.8, 4) is 5.69 Å². The van der Waals surface area contributed by atoms with Gasteiger partial charge >= 0.3 is 5.97 Å². The molecule has 0 aliphatic heterocycles. The summed E-state index contributed by atoms with van der Waals surface area (Å²) >= 11 is 0. The van der Waals surface area contributed by atoms with Gasteiger partial charge < -0.3 is 5.11 Å². The number of nitrogens with zero attached hydrogens (tertiary/aromatic N) is 3. The number of aromatic nitrogens is 3. The summed E-state index contributed by atoms with van der Waals surface area (Å²) in [7, 11) is 0. The third-order valence-corrected chi connectivity index (χ3v) is 2.93. The van der Waals surface area contributed by atoms with Crippen LogP contribution in [0.25, 0.3) is 16.6 Å². The summed E-state index contributed by atoms with van der Waals surface area (Å²) in [5.41, 5.74) is 0.272. The Balaban J connectivity index is 2.34. The van der Waals surface area contributed by atoms with E-state index in [1.165, 1.54) is 12.1 Å². The predicted molar refractivity (Wildman–Crippen MR) is 72.1 cm³/mol. The van der Waals surface area contributed by atoms with Gasteiger partial charge in [-0.15, -0.1) is 5.10 Å². The first-order valence-electron chi connectivity index (χ1n) is 5.86. The van der Waals surface area contributed by atoms with Gasteiger partial charge in [0.25, 0.3) is 5.56 Å². The SMILES string of the molecule is O=C(O)c1ccccc1-n1nnc2ccccc2c1=O. The van der Waals surface area contributed by atoms with Gasteiger partial charge in [-0.25, -0.2) is 4.79 Å². The Labute approximate surface area is 112 Å². The zero-order chi connectivity index (χ0) is 14.1. The molecular weight excluding hydrogens is 258 g/mol. The molecule has 0 bridgehead atoms. The number of hydrogen-bond donors (Lipinski definition) is 1. The summed E-state index contributed by atoms with van der Waals surface area (Å²) in [6, 6.07) is 13.0. The molecule has 0 saturated heterocycles. The van der Waals surface area contributed by atoms with E-state index >= 15 is 0 Å². The lowest BCUT2D eigenvalue weighted by atomic mass is 10.2. The third kappa shape index (κ3) is 1.83. The van der Waals surface area contributed by atoms with Crippen molar-refractivity contribution in [3.63, 3.8) is 0 Å². The fraction of sp³-hybridized carbons (Fsp3) is 0. The minimum atomic E-state index is -1.12. The van der Waals surface area contributed by atoms with E-state index < -0.39 is 11.5 Å². The highest BCUT2D eigenvalue weighted by Crippen LogP contribution is 2.12. The number of carbonyl (C=O) groups is 1. The van der Waals surface area contributed by atoms with Gasteiger partial charge in [-0.2, -0.15) is 4.68 Å².